The van der Waals surface area contributed by atoms with E-state index in [0.717, 1.165) is 46.6 Å². The number of nitrogens with one attached hydrogen (secondary N) is 2. The number of unbranched alkanes of at least 4 members (excludes halogenated alkanes) is 2. The molecule has 1 unspecified atom stereocenters. The van der Waals surface area contributed by atoms with Gasteiger partial charge in [-0.25, -0.2) is 16.8 Å². The second kappa shape index (κ2) is 28.1. The number of sulfone groups is 2. The summed E-state index contributed by atoms with van der Waals surface area (Å²) in [6, 6.07) is 24.2. The Morgan fingerprint density at radius 1 is 0.550 bits per heavy atom. The van der Waals surface area contributed by atoms with Crippen LogP contribution in [0.25, 0.3) is 0 Å². The monoisotopic (exact) mass is 1240 g/mol. The first-order valence-corrected chi connectivity index (χ1v) is 36.8. The summed E-state index contributed by atoms with van der Waals surface area (Å²) < 4.78 is 120. The minimum absolute atomic E-state index is 0.0544. The number of nitrogens with zero attached hydrogens (tertiary/aromatic N) is 2. The van der Waals surface area contributed by atoms with Crippen molar-refractivity contribution in [3.8, 4) is 11.5 Å². The summed E-state index contributed by atoms with van der Waals surface area (Å²) in [7, 11) is -23.2. The Kier molecular flexibility index (Phi) is 23.8. The fourth-order valence-corrected chi connectivity index (χ4v) is 18.5. The number of ether oxygens (including phenoxy) is 2. The highest BCUT2D eigenvalue weighted by molar-refractivity contribution is 7.91. The average Bonchev–Trinajstić information content (AvgIpc) is 3.59. The molecule has 9 N–H and O–H groups in total. The summed E-state index contributed by atoms with van der Waals surface area (Å²) in [5, 5.41) is 7.36. The molecule has 0 fully saturated rings. The molecule has 0 bridgehead atoms. The van der Waals surface area contributed by atoms with Crippen molar-refractivity contribution in [2.75, 3.05) is 57.5 Å². The van der Waals surface area contributed by atoms with Crippen LogP contribution in [-0.2, 0) is 55.5 Å². The van der Waals surface area contributed by atoms with E-state index in [9.17, 15) is 69.3 Å². The minimum Gasteiger partial charge on any atom is -0.496 e. The van der Waals surface area contributed by atoms with Crippen LogP contribution in [0.3, 0.4) is 0 Å². The van der Waals surface area contributed by atoms with E-state index in [1.54, 1.807) is 12.1 Å². The Morgan fingerprint density at radius 3 is 1.20 bits per heavy atom. The molecule has 5 atom stereocenters. The molecule has 2 heterocycles. The molecule has 4 aromatic carbocycles. The first-order chi connectivity index (χ1) is 37.3. The van der Waals surface area contributed by atoms with Gasteiger partial charge in [0.05, 0.1) is 54.2 Å². The van der Waals surface area contributed by atoms with Crippen LogP contribution < -0.4 is 20.1 Å². The number of hydrogen-bond donors (Lipinski definition) is 9. The number of hydrogen-bond acceptors (Lipinski definition) is 15. The Labute approximate surface area is 470 Å². The van der Waals surface area contributed by atoms with Crippen molar-refractivity contribution in [3.63, 3.8) is 0 Å². The molecule has 0 radical (unpaired) electrons. The van der Waals surface area contributed by atoms with E-state index in [2.05, 4.69) is 24.5 Å². The number of methoxy groups -OCH3 is 2. The largest absolute Gasteiger partial charge is 0.496 e. The lowest BCUT2D eigenvalue weighted by Crippen LogP contribution is -2.50. The molecule has 6 rings (SSSR count). The average molecular weight is 1240 g/mol. The second-order valence-corrected chi connectivity index (χ2v) is 31.2. The first-order valence-electron chi connectivity index (χ1n) is 26.4. The topological polar surface area (TPSA) is 336 Å². The van der Waals surface area contributed by atoms with Crippen LogP contribution in [0.1, 0.15) is 131 Å². The molecular weight excluding hydrogens is 1160 g/mol. The van der Waals surface area contributed by atoms with Crippen molar-refractivity contribution < 1.29 is 83.3 Å². The molecule has 80 heavy (non-hydrogen) atoms. The summed E-state index contributed by atoms with van der Waals surface area (Å²) in [5.41, 5.74) is 1.90. The van der Waals surface area contributed by atoms with Crippen LogP contribution in [0.2, 0.25) is 0 Å². The van der Waals surface area contributed by atoms with Crippen molar-refractivity contribution in [1.82, 2.24) is 20.4 Å². The summed E-state index contributed by atoms with van der Waals surface area (Å²) in [6.45, 7) is 8.92. The standard InChI is InChI=1S/C27H42N2O9P2S.C25H38N2O9P2S/c1-5-8-14-27(6-2)18-41(35,36)25-15-22(17-29(19-39(30,31)32)20-40(33,34)38-7-3)24(37-4)16-23(25)26(28-27)21-12-10-9-11-13-21;1-4-6-12-25(5-2)16-39(34,35)23-13-20(15-27(17-37(28,29)30)18-38(31,32)33)22(36-3)14-21(23)24(26-25)19-10-8-7-9-11-19/h9-13,15-16,26,28H,5-8,14,17-20H2,1-4H3,(H,33,34)(H2,30,31,32);7-11,13-14,24,26H,4-6,12,15-18H2,1-3H3,(H2,28,29,30)(H2,31,32,33)/t26-,27-;24-,25-/m11/s1. The van der Waals surface area contributed by atoms with Gasteiger partial charge in [0.25, 0.3) is 0 Å². The van der Waals surface area contributed by atoms with Gasteiger partial charge in [0.15, 0.2) is 19.7 Å². The molecule has 4 aromatic rings. The van der Waals surface area contributed by atoms with Crippen LogP contribution in [-0.4, -0.2) is 129 Å². The summed E-state index contributed by atoms with van der Waals surface area (Å²) in [6.07, 6.45) is 2.64. The van der Waals surface area contributed by atoms with Gasteiger partial charge in [-0.1, -0.05) is 114 Å². The third kappa shape index (κ3) is 18.9. The quantitative estimate of drug-likeness (QED) is 0.0267. The SMILES string of the molecule is CCCC[C@]1(CC)CS(=O)(=O)c2cc(CN(CP(=O)(O)O)CP(=O)(O)O)c(OC)cc2[C@@H](c2ccccc2)N1.CCCC[C@]1(CC)CS(=O)(=O)c2cc(CN(CP(=O)(O)O)CP(=O)(O)OCC)c(OC)cc2[C@@H](c2ccccc2)N1. The molecule has 0 aliphatic carbocycles. The highest BCUT2D eigenvalue weighted by atomic mass is 32.2. The summed E-state index contributed by atoms with van der Waals surface area (Å²) >= 11 is 0. The van der Waals surface area contributed by atoms with Gasteiger partial charge in [0, 0.05) is 35.3 Å². The summed E-state index contributed by atoms with van der Waals surface area (Å²) in [5.74, 6) is 0.263. The smallest absolute Gasteiger partial charge is 0.342 e. The maximum absolute atomic E-state index is 14.1. The normalized spacial score (nSPS) is 21.8. The third-order valence-corrected chi connectivity index (χ3v) is 21.9. The van der Waals surface area contributed by atoms with E-state index in [-0.39, 0.29) is 52.3 Å². The molecule has 22 nitrogen and oxygen atoms in total. The first kappa shape index (κ1) is 67.6. The Balaban J connectivity index is 0.000000294. The van der Waals surface area contributed by atoms with Crippen molar-refractivity contribution in [2.24, 2.45) is 0 Å². The molecular formula is C52H80N4O18P4S2. The van der Waals surface area contributed by atoms with Crippen LogP contribution in [0.4, 0.5) is 0 Å². The van der Waals surface area contributed by atoms with Gasteiger partial charge in [0.2, 0.25) is 0 Å². The number of benzene rings is 4. The maximum Gasteiger partial charge on any atom is 0.342 e. The van der Waals surface area contributed by atoms with Crippen LogP contribution in [0, 0.1) is 0 Å². The number of fused-ring (bicyclic) bond motifs is 2. The van der Waals surface area contributed by atoms with Gasteiger partial charge >= 0.3 is 30.4 Å². The minimum atomic E-state index is -4.69. The second-order valence-electron chi connectivity index (χ2n) is 20.6. The van der Waals surface area contributed by atoms with E-state index in [1.165, 1.54) is 33.3 Å². The van der Waals surface area contributed by atoms with Gasteiger partial charge in [-0.2, -0.15) is 0 Å². The molecule has 448 valence electrons. The maximum atomic E-state index is 14.1. The van der Waals surface area contributed by atoms with E-state index < -0.39 is 98.4 Å². The lowest BCUT2D eigenvalue weighted by Gasteiger charge is -2.36. The Hall–Kier alpha value is -3.18. The lowest BCUT2D eigenvalue weighted by atomic mass is 9.88. The van der Waals surface area contributed by atoms with Gasteiger partial charge in [-0.05, 0) is 79.1 Å². The molecule has 0 saturated heterocycles. The highest BCUT2D eigenvalue weighted by Crippen LogP contribution is 2.48. The zero-order valence-corrected chi connectivity index (χ0v) is 51.6. The molecule has 28 heteroatoms. The molecule has 0 aromatic heterocycles. The van der Waals surface area contributed by atoms with Crippen LogP contribution in [0.5, 0.6) is 11.5 Å². The highest BCUT2D eigenvalue weighted by Gasteiger charge is 2.44. The van der Waals surface area contributed by atoms with Crippen molar-refractivity contribution >= 4 is 50.1 Å². The predicted octanol–water partition coefficient (Wildman–Crippen LogP) is 8.19. The van der Waals surface area contributed by atoms with Gasteiger partial charge < -0.3 is 48.3 Å². The molecule has 0 spiro atoms. The van der Waals surface area contributed by atoms with Gasteiger partial charge in [-0.15, -0.1) is 0 Å². The van der Waals surface area contributed by atoms with E-state index >= 15 is 0 Å². The van der Waals surface area contributed by atoms with Gasteiger partial charge in [-0.3, -0.25) is 38.7 Å². The predicted molar refractivity (Wildman–Crippen MR) is 306 cm³/mol. The fourth-order valence-electron chi connectivity index (χ4n) is 10.5. The van der Waals surface area contributed by atoms with E-state index in [4.69, 9.17) is 14.0 Å². The summed E-state index contributed by atoms with van der Waals surface area (Å²) in [4.78, 5) is 69.7. The zero-order valence-electron chi connectivity index (χ0n) is 46.4. The molecule has 0 amide bonds. The molecule has 2 aliphatic rings. The van der Waals surface area contributed by atoms with E-state index in [1.807, 2.05) is 74.5 Å². The van der Waals surface area contributed by atoms with Crippen molar-refractivity contribution in [1.29, 1.82) is 0 Å². The van der Waals surface area contributed by atoms with Crippen molar-refractivity contribution in [3.05, 3.63) is 118 Å². The Bertz CT molecular complexity index is 3120. The van der Waals surface area contributed by atoms with Gasteiger partial charge in [0.1, 0.15) is 36.6 Å². The third-order valence-electron chi connectivity index (χ3n) is 14.2. The lowest BCUT2D eigenvalue weighted by molar-refractivity contribution is 0.234. The van der Waals surface area contributed by atoms with E-state index in [0.29, 0.717) is 48.1 Å². The van der Waals surface area contributed by atoms with Crippen LogP contribution in [0.15, 0.2) is 94.7 Å². The molecule has 0 saturated carbocycles. The zero-order chi connectivity index (χ0) is 59.5. The van der Waals surface area contributed by atoms with Crippen molar-refractivity contribution in [2.45, 2.75) is 132 Å². The van der Waals surface area contributed by atoms with Crippen LogP contribution >= 0.6 is 30.4 Å². The fraction of sp³-hybridized carbons (Fsp3) is 0.538. The molecule has 2 aliphatic heterocycles. The Morgan fingerprint density at radius 2 is 0.900 bits per heavy atom. The number of rotatable bonds is 26.